The normalized spacial score (nSPS) is 13.8. The maximum atomic E-state index is 8.51. The van der Waals surface area contributed by atoms with Crippen molar-refractivity contribution in [2.24, 2.45) is 16.8 Å². The largest absolute Gasteiger partial charge is 0.409 e. The first-order valence-electron chi connectivity index (χ1n) is 5.50. The van der Waals surface area contributed by atoms with Gasteiger partial charge in [-0.2, -0.15) is 0 Å². The second-order valence-corrected chi connectivity index (χ2v) is 4.34. The first-order valence-corrected chi connectivity index (χ1v) is 5.50. The molecule has 6 nitrogen and oxygen atoms in total. The average molecular weight is 237 g/mol. The van der Waals surface area contributed by atoms with Crippen LogP contribution in [0.4, 0.5) is 5.82 Å². The molecule has 0 bridgehead atoms. The van der Waals surface area contributed by atoms with Gasteiger partial charge in [-0.25, -0.2) is 9.97 Å². The van der Waals surface area contributed by atoms with Crippen molar-refractivity contribution < 1.29 is 5.21 Å². The highest BCUT2D eigenvalue weighted by atomic mass is 16.4. The van der Waals surface area contributed by atoms with Crippen LogP contribution >= 0.6 is 0 Å². The molecule has 1 unspecified atom stereocenters. The van der Waals surface area contributed by atoms with Gasteiger partial charge in [0.2, 0.25) is 0 Å². The average Bonchev–Trinajstić information content (AvgIpc) is 2.36. The van der Waals surface area contributed by atoms with Crippen molar-refractivity contribution in [2.45, 2.75) is 26.8 Å². The molecule has 17 heavy (non-hydrogen) atoms. The van der Waals surface area contributed by atoms with Gasteiger partial charge in [-0.05, 0) is 12.8 Å². The van der Waals surface area contributed by atoms with Gasteiger partial charge in [0.15, 0.2) is 5.84 Å². The van der Waals surface area contributed by atoms with E-state index in [0.29, 0.717) is 17.7 Å². The molecule has 0 aliphatic rings. The molecule has 0 aliphatic carbocycles. The lowest BCUT2D eigenvalue weighted by atomic mass is 10.1. The fourth-order valence-electron chi connectivity index (χ4n) is 1.34. The van der Waals surface area contributed by atoms with Gasteiger partial charge in [0.05, 0.1) is 12.4 Å². The number of anilines is 1. The summed E-state index contributed by atoms with van der Waals surface area (Å²) in [5.41, 5.74) is 5.78. The summed E-state index contributed by atoms with van der Waals surface area (Å²) in [6.45, 7) is 6.43. The third-order valence-corrected chi connectivity index (χ3v) is 2.95. The molecule has 0 saturated heterocycles. The van der Waals surface area contributed by atoms with Crippen LogP contribution in [-0.2, 0) is 0 Å². The highest BCUT2D eigenvalue weighted by Gasteiger charge is 2.15. The van der Waals surface area contributed by atoms with E-state index >= 15 is 0 Å². The Balaban J connectivity index is 2.88. The number of nitrogens with zero attached hydrogens (tertiary/aromatic N) is 4. The van der Waals surface area contributed by atoms with Crippen LogP contribution in [0.5, 0.6) is 0 Å². The summed E-state index contributed by atoms with van der Waals surface area (Å²) in [4.78, 5) is 10.4. The fourth-order valence-corrected chi connectivity index (χ4v) is 1.34. The molecule has 1 heterocycles. The van der Waals surface area contributed by atoms with Crippen LogP contribution in [0.2, 0.25) is 0 Å². The zero-order chi connectivity index (χ0) is 13.0. The minimum atomic E-state index is -0.0383. The molecular formula is C11H19N5O. The highest BCUT2D eigenvalue weighted by Crippen LogP contribution is 2.15. The van der Waals surface area contributed by atoms with Gasteiger partial charge in [-0.1, -0.05) is 19.0 Å². The fraction of sp³-hybridized carbons (Fsp3) is 0.545. The van der Waals surface area contributed by atoms with Crippen LogP contribution in [0, 0.1) is 5.92 Å². The third kappa shape index (κ3) is 3.05. The standard InChI is InChI=1S/C11H19N5O/c1-7(2)8(3)16(4)10-6-13-9(5-14-10)11(12)15-17/h5-8,17H,1-4H3,(H2,12,15). The topological polar surface area (TPSA) is 87.6 Å². The Morgan fingerprint density at radius 1 is 1.35 bits per heavy atom. The van der Waals surface area contributed by atoms with Crippen molar-refractivity contribution in [1.82, 2.24) is 9.97 Å². The Morgan fingerprint density at radius 3 is 2.41 bits per heavy atom. The Morgan fingerprint density at radius 2 is 2.00 bits per heavy atom. The van der Waals surface area contributed by atoms with E-state index in [9.17, 15) is 0 Å². The van der Waals surface area contributed by atoms with Crippen molar-refractivity contribution in [3.63, 3.8) is 0 Å². The van der Waals surface area contributed by atoms with E-state index in [1.807, 2.05) is 11.9 Å². The molecule has 0 aromatic carbocycles. The van der Waals surface area contributed by atoms with E-state index in [4.69, 9.17) is 10.9 Å². The van der Waals surface area contributed by atoms with Crippen LogP contribution in [0.15, 0.2) is 17.5 Å². The molecule has 3 N–H and O–H groups in total. The molecule has 6 heteroatoms. The van der Waals surface area contributed by atoms with Crippen molar-refractivity contribution >= 4 is 11.7 Å². The Bertz CT molecular complexity index is 387. The maximum Gasteiger partial charge on any atom is 0.190 e. The number of amidine groups is 1. The van der Waals surface area contributed by atoms with Gasteiger partial charge in [0.25, 0.3) is 0 Å². The van der Waals surface area contributed by atoms with Crippen LogP contribution in [0.3, 0.4) is 0 Å². The number of aromatic nitrogens is 2. The van der Waals surface area contributed by atoms with Crippen LogP contribution in [0.25, 0.3) is 0 Å². The zero-order valence-corrected chi connectivity index (χ0v) is 10.6. The Labute approximate surface area is 101 Å². The number of nitrogens with two attached hydrogens (primary N) is 1. The lowest BCUT2D eigenvalue weighted by Gasteiger charge is -2.28. The smallest absolute Gasteiger partial charge is 0.190 e. The summed E-state index contributed by atoms with van der Waals surface area (Å²) in [5.74, 6) is 1.25. The molecule has 1 rings (SSSR count). The second kappa shape index (κ2) is 5.47. The van der Waals surface area contributed by atoms with E-state index in [0.717, 1.165) is 5.82 Å². The summed E-state index contributed by atoms with van der Waals surface area (Å²) in [7, 11) is 1.97. The highest BCUT2D eigenvalue weighted by molar-refractivity contribution is 5.94. The maximum absolute atomic E-state index is 8.51. The van der Waals surface area contributed by atoms with Crippen molar-refractivity contribution in [2.75, 3.05) is 11.9 Å². The van der Waals surface area contributed by atoms with E-state index in [1.165, 1.54) is 6.20 Å². The van der Waals surface area contributed by atoms with Crippen LogP contribution in [0.1, 0.15) is 26.5 Å². The van der Waals surface area contributed by atoms with E-state index < -0.39 is 0 Å². The molecule has 94 valence electrons. The Hall–Kier alpha value is -1.85. The molecular weight excluding hydrogens is 218 g/mol. The van der Waals surface area contributed by atoms with Gasteiger partial charge >= 0.3 is 0 Å². The second-order valence-electron chi connectivity index (χ2n) is 4.34. The first kappa shape index (κ1) is 13.2. The van der Waals surface area contributed by atoms with Crippen molar-refractivity contribution in [3.05, 3.63) is 18.1 Å². The molecule has 0 fully saturated rings. The van der Waals surface area contributed by atoms with Crippen molar-refractivity contribution in [3.8, 4) is 0 Å². The Kier molecular flexibility index (Phi) is 4.25. The predicted molar refractivity (Wildman–Crippen MR) is 67.2 cm³/mol. The summed E-state index contributed by atoms with van der Waals surface area (Å²) >= 11 is 0. The lowest BCUT2D eigenvalue weighted by molar-refractivity contribution is 0.318. The summed E-state index contributed by atoms with van der Waals surface area (Å²) in [5, 5.41) is 11.4. The van der Waals surface area contributed by atoms with Gasteiger partial charge in [-0.15, -0.1) is 0 Å². The van der Waals surface area contributed by atoms with E-state index in [1.54, 1.807) is 6.20 Å². The molecule has 1 aromatic rings. The summed E-state index contributed by atoms with van der Waals surface area (Å²) in [6, 6.07) is 0.360. The van der Waals surface area contributed by atoms with Crippen LogP contribution in [-0.4, -0.2) is 34.1 Å². The summed E-state index contributed by atoms with van der Waals surface area (Å²) < 4.78 is 0. The molecule has 0 spiro atoms. The van der Waals surface area contributed by atoms with E-state index in [2.05, 4.69) is 35.9 Å². The SMILES string of the molecule is CC(C)C(C)N(C)c1cnc(C(N)=NO)cn1. The molecule has 0 radical (unpaired) electrons. The van der Waals surface area contributed by atoms with Crippen LogP contribution < -0.4 is 10.6 Å². The monoisotopic (exact) mass is 237 g/mol. The third-order valence-electron chi connectivity index (χ3n) is 2.95. The summed E-state index contributed by atoms with van der Waals surface area (Å²) in [6.07, 6.45) is 3.11. The van der Waals surface area contributed by atoms with Gasteiger partial charge in [0.1, 0.15) is 11.5 Å². The number of hydrogen-bond acceptors (Lipinski definition) is 5. The predicted octanol–water partition coefficient (Wildman–Crippen LogP) is 1.05. The van der Waals surface area contributed by atoms with E-state index in [-0.39, 0.29) is 5.84 Å². The zero-order valence-electron chi connectivity index (χ0n) is 10.6. The molecule has 0 aliphatic heterocycles. The van der Waals surface area contributed by atoms with Gasteiger partial charge < -0.3 is 15.8 Å². The van der Waals surface area contributed by atoms with Gasteiger partial charge in [-0.3, -0.25) is 0 Å². The number of oxime groups is 1. The number of rotatable bonds is 4. The lowest BCUT2D eigenvalue weighted by Crippen LogP contribution is -2.34. The number of hydrogen-bond donors (Lipinski definition) is 2. The van der Waals surface area contributed by atoms with Gasteiger partial charge in [0, 0.05) is 13.1 Å². The first-order chi connectivity index (χ1) is 7.97. The minimum Gasteiger partial charge on any atom is -0.409 e. The minimum absolute atomic E-state index is 0.0383. The van der Waals surface area contributed by atoms with Crippen molar-refractivity contribution in [1.29, 1.82) is 0 Å². The molecule has 1 atom stereocenters. The molecule has 1 aromatic heterocycles. The quantitative estimate of drug-likeness (QED) is 0.354. The molecule has 0 amide bonds. The molecule has 0 saturated carbocycles.